The van der Waals surface area contributed by atoms with Crippen molar-refractivity contribution in [2.24, 2.45) is 5.41 Å². The summed E-state index contributed by atoms with van der Waals surface area (Å²) >= 11 is 0. The van der Waals surface area contributed by atoms with Gasteiger partial charge in [-0.1, -0.05) is 38.1 Å². The number of nitrogens with zero attached hydrogens (tertiary/aromatic N) is 1. The maximum atomic E-state index is 13.8. The number of rotatable bonds is 2. The van der Waals surface area contributed by atoms with E-state index >= 15 is 0 Å². The molecule has 0 saturated carbocycles. The van der Waals surface area contributed by atoms with E-state index in [9.17, 15) is 9.18 Å². The summed E-state index contributed by atoms with van der Waals surface area (Å²) in [5, 5.41) is 0. The zero-order chi connectivity index (χ0) is 17.3. The largest absolute Gasteiger partial charge is 0.338 e. The maximum absolute atomic E-state index is 13.8. The van der Waals surface area contributed by atoms with Crippen LogP contribution < -0.4 is 0 Å². The number of likely N-dealkylation sites (tertiary alicyclic amines) is 1. The van der Waals surface area contributed by atoms with Gasteiger partial charge < -0.3 is 4.90 Å². The standard InChI is InChI=1S/C21H24FNO/c1-15-8-9-17(13-19(15)22)16-6-4-7-18(12-16)20(24)23-11-5-10-21(2,3)14-23/h4,6-9,12-13H,5,10-11,14H2,1-3H3. The Morgan fingerprint density at radius 2 is 1.88 bits per heavy atom. The first kappa shape index (κ1) is 16.7. The Balaban J connectivity index is 1.87. The Labute approximate surface area is 143 Å². The van der Waals surface area contributed by atoms with Gasteiger partial charge in [0.15, 0.2) is 0 Å². The van der Waals surface area contributed by atoms with Gasteiger partial charge in [0.05, 0.1) is 0 Å². The number of halogens is 1. The topological polar surface area (TPSA) is 20.3 Å². The molecule has 2 aromatic rings. The predicted octanol–water partition coefficient (Wildman–Crippen LogP) is 5.06. The average Bonchev–Trinajstić information content (AvgIpc) is 2.56. The van der Waals surface area contributed by atoms with Gasteiger partial charge in [0.2, 0.25) is 0 Å². The Morgan fingerprint density at radius 1 is 1.12 bits per heavy atom. The summed E-state index contributed by atoms with van der Waals surface area (Å²) < 4.78 is 13.8. The minimum atomic E-state index is -0.220. The summed E-state index contributed by atoms with van der Waals surface area (Å²) in [5.41, 5.74) is 3.14. The van der Waals surface area contributed by atoms with Crippen molar-refractivity contribution in [2.75, 3.05) is 13.1 Å². The van der Waals surface area contributed by atoms with E-state index in [2.05, 4.69) is 13.8 Å². The molecule has 3 rings (SSSR count). The normalized spacial score (nSPS) is 16.9. The van der Waals surface area contributed by atoms with E-state index in [1.807, 2.05) is 35.2 Å². The molecule has 0 N–H and O–H groups in total. The van der Waals surface area contributed by atoms with E-state index in [1.54, 1.807) is 13.0 Å². The molecule has 1 aliphatic rings. The second-order valence-corrected chi connectivity index (χ2v) is 7.54. The minimum absolute atomic E-state index is 0.0669. The third-order valence-corrected chi connectivity index (χ3v) is 4.80. The molecule has 1 heterocycles. The second kappa shape index (κ2) is 6.39. The van der Waals surface area contributed by atoms with Gasteiger partial charge in [-0.3, -0.25) is 4.79 Å². The van der Waals surface area contributed by atoms with E-state index in [-0.39, 0.29) is 17.1 Å². The highest BCUT2D eigenvalue weighted by Crippen LogP contribution is 2.30. The summed E-state index contributed by atoms with van der Waals surface area (Å²) in [6.45, 7) is 7.76. The number of piperidine rings is 1. The van der Waals surface area contributed by atoms with E-state index < -0.39 is 0 Å². The van der Waals surface area contributed by atoms with Gasteiger partial charge in [-0.25, -0.2) is 4.39 Å². The van der Waals surface area contributed by atoms with Crippen molar-refractivity contribution in [3.05, 3.63) is 59.4 Å². The highest BCUT2D eigenvalue weighted by atomic mass is 19.1. The monoisotopic (exact) mass is 325 g/mol. The van der Waals surface area contributed by atoms with Crippen molar-refractivity contribution < 1.29 is 9.18 Å². The highest BCUT2D eigenvalue weighted by Gasteiger charge is 2.29. The van der Waals surface area contributed by atoms with Crippen molar-refractivity contribution in [1.82, 2.24) is 4.90 Å². The molecule has 1 aliphatic heterocycles. The molecular weight excluding hydrogens is 301 g/mol. The zero-order valence-corrected chi connectivity index (χ0v) is 14.6. The van der Waals surface area contributed by atoms with E-state index in [4.69, 9.17) is 0 Å². The number of aryl methyl sites for hydroxylation is 1. The fourth-order valence-corrected chi connectivity index (χ4v) is 3.38. The van der Waals surface area contributed by atoms with Gasteiger partial charge in [-0.15, -0.1) is 0 Å². The van der Waals surface area contributed by atoms with Crippen molar-refractivity contribution in [3.63, 3.8) is 0 Å². The quantitative estimate of drug-likeness (QED) is 0.755. The molecule has 2 aromatic carbocycles. The third-order valence-electron chi connectivity index (χ3n) is 4.80. The van der Waals surface area contributed by atoms with Crippen LogP contribution in [0.2, 0.25) is 0 Å². The van der Waals surface area contributed by atoms with Gasteiger partial charge >= 0.3 is 0 Å². The van der Waals surface area contributed by atoms with Gasteiger partial charge in [0.25, 0.3) is 5.91 Å². The molecule has 0 atom stereocenters. The van der Waals surface area contributed by atoms with Gasteiger partial charge in [-0.2, -0.15) is 0 Å². The first-order valence-electron chi connectivity index (χ1n) is 8.52. The molecule has 126 valence electrons. The molecule has 1 fully saturated rings. The van der Waals surface area contributed by atoms with Crippen LogP contribution in [0.4, 0.5) is 4.39 Å². The van der Waals surface area contributed by atoms with Crippen LogP contribution in [0.3, 0.4) is 0 Å². The summed E-state index contributed by atoms with van der Waals surface area (Å²) in [7, 11) is 0. The Kier molecular flexibility index (Phi) is 4.44. The smallest absolute Gasteiger partial charge is 0.253 e. The molecule has 0 aliphatic carbocycles. The molecule has 0 aromatic heterocycles. The number of benzene rings is 2. The molecule has 24 heavy (non-hydrogen) atoms. The van der Waals surface area contributed by atoms with Gasteiger partial charge in [-0.05, 0) is 60.1 Å². The highest BCUT2D eigenvalue weighted by molar-refractivity contribution is 5.95. The molecular formula is C21H24FNO. The molecule has 3 heteroatoms. The molecule has 1 saturated heterocycles. The van der Waals surface area contributed by atoms with Crippen LogP contribution in [-0.2, 0) is 0 Å². The second-order valence-electron chi connectivity index (χ2n) is 7.54. The van der Waals surface area contributed by atoms with Gasteiger partial charge in [0, 0.05) is 18.7 Å². The van der Waals surface area contributed by atoms with E-state index in [0.29, 0.717) is 11.1 Å². The number of carbonyl (C=O) groups excluding carboxylic acids is 1. The van der Waals surface area contributed by atoms with Crippen LogP contribution in [-0.4, -0.2) is 23.9 Å². The third kappa shape index (κ3) is 3.50. The molecule has 0 bridgehead atoms. The molecule has 2 nitrogen and oxygen atoms in total. The van der Waals surface area contributed by atoms with Crippen LogP contribution in [0.1, 0.15) is 42.6 Å². The summed E-state index contributed by atoms with van der Waals surface area (Å²) in [4.78, 5) is 14.8. The Bertz CT molecular complexity index is 766. The van der Waals surface area contributed by atoms with Crippen molar-refractivity contribution in [1.29, 1.82) is 0 Å². The Hall–Kier alpha value is -2.16. The zero-order valence-electron chi connectivity index (χ0n) is 14.6. The SMILES string of the molecule is Cc1ccc(-c2cccc(C(=O)N3CCCC(C)(C)C3)c2)cc1F. The Morgan fingerprint density at radius 3 is 2.58 bits per heavy atom. The predicted molar refractivity (Wildman–Crippen MR) is 95.5 cm³/mol. The minimum Gasteiger partial charge on any atom is -0.338 e. The fraction of sp³-hybridized carbons (Fsp3) is 0.381. The maximum Gasteiger partial charge on any atom is 0.253 e. The van der Waals surface area contributed by atoms with Crippen LogP contribution in [0.25, 0.3) is 11.1 Å². The van der Waals surface area contributed by atoms with E-state index in [1.165, 1.54) is 6.07 Å². The lowest BCUT2D eigenvalue weighted by atomic mass is 9.84. The van der Waals surface area contributed by atoms with Crippen molar-refractivity contribution in [2.45, 2.75) is 33.6 Å². The fourth-order valence-electron chi connectivity index (χ4n) is 3.38. The summed E-state index contributed by atoms with van der Waals surface area (Å²) in [5.74, 6) is -0.154. The van der Waals surface area contributed by atoms with Crippen LogP contribution in [0, 0.1) is 18.2 Å². The first-order chi connectivity index (χ1) is 11.4. The molecule has 1 amide bonds. The van der Waals surface area contributed by atoms with Crippen LogP contribution in [0.15, 0.2) is 42.5 Å². The lowest BCUT2D eigenvalue weighted by Crippen LogP contribution is -2.43. The number of hydrogen-bond donors (Lipinski definition) is 0. The van der Waals surface area contributed by atoms with Crippen molar-refractivity contribution in [3.8, 4) is 11.1 Å². The number of hydrogen-bond acceptors (Lipinski definition) is 1. The number of amides is 1. The van der Waals surface area contributed by atoms with E-state index in [0.717, 1.165) is 37.1 Å². The molecule has 0 radical (unpaired) electrons. The van der Waals surface area contributed by atoms with Gasteiger partial charge in [0.1, 0.15) is 5.82 Å². The first-order valence-corrected chi connectivity index (χ1v) is 8.52. The van der Waals surface area contributed by atoms with Crippen LogP contribution in [0.5, 0.6) is 0 Å². The molecule has 0 spiro atoms. The summed E-state index contributed by atoms with van der Waals surface area (Å²) in [6.07, 6.45) is 2.20. The lowest BCUT2D eigenvalue weighted by Gasteiger charge is -2.38. The molecule has 0 unspecified atom stereocenters. The summed E-state index contributed by atoms with van der Waals surface area (Å²) in [6, 6.07) is 12.7. The number of carbonyl (C=O) groups is 1. The lowest BCUT2D eigenvalue weighted by molar-refractivity contribution is 0.0583. The van der Waals surface area contributed by atoms with Crippen molar-refractivity contribution >= 4 is 5.91 Å². The van der Waals surface area contributed by atoms with Crippen LogP contribution >= 0.6 is 0 Å². The average molecular weight is 325 g/mol.